The lowest BCUT2D eigenvalue weighted by Crippen LogP contribution is -2.41. The number of piperidine rings is 1. The predicted octanol–water partition coefficient (Wildman–Crippen LogP) is 2.01. The van der Waals surface area contributed by atoms with Crippen molar-refractivity contribution in [2.45, 2.75) is 18.9 Å². The van der Waals surface area contributed by atoms with E-state index in [-0.39, 0.29) is 11.9 Å². The SMILES string of the molecule is O=C(Oc1ccc(F)cc1)N1CC2CCC(C1)NC2. The molecule has 0 radical (unpaired) electrons. The predicted molar refractivity (Wildman–Crippen MR) is 68.5 cm³/mol. The molecule has 0 saturated carbocycles. The maximum atomic E-state index is 12.8. The molecule has 4 nitrogen and oxygen atoms in total. The third kappa shape index (κ3) is 2.87. The van der Waals surface area contributed by atoms with Crippen molar-refractivity contribution in [1.82, 2.24) is 10.2 Å². The highest BCUT2D eigenvalue weighted by Gasteiger charge is 2.32. The number of benzene rings is 1. The normalized spacial score (nSPS) is 26.1. The summed E-state index contributed by atoms with van der Waals surface area (Å²) in [6.45, 7) is 2.41. The number of fused-ring (bicyclic) bond motifs is 4. The first-order valence-electron chi connectivity index (χ1n) is 6.66. The lowest BCUT2D eigenvalue weighted by atomic mass is 9.97. The molecule has 0 spiro atoms. The van der Waals surface area contributed by atoms with Gasteiger partial charge in [0.25, 0.3) is 0 Å². The molecule has 2 bridgehead atoms. The Morgan fingerprint density at radius 1 is 1.26 bits per heavy atom. The fourth-order valence-electron chi connectivity index (χ4n) is 2.76. The average molecular weight is 264 g/mol. The van der Waals surface area contributed by atoms with Gasteiger partial charge < -0.3 is 15.0 Å². The van der Waals surface area contributed by atoms with Gasteiger partial charge in [-0.25, -0.2) is 9.18 Å². The molecule has 0 aliphatic carbocycles. The van der Waals surface area contributed by atoms with E-state index in [4.69, 9.17) is 4.74 Å². The molecule has 102 valence electrons. The molecule has 19 heavy (non-hydrogen) atoms. The second-order valence-electron chi connectivity index (χ2n) is 5.28. The number of carbonyl (C=O) groups is 1. The molecule has 2 atom stereocenters. The van der Waals surface area contributed by atoms with Crippen molar-refractivity contribution in [3.05, 3.63) is 30.1 Å². The number of amides is 1. The van der Waals surface area contributed by atoms with Crippen LogP contribution >= 0.6 is 0 Å². The molecule has 3 heterocycles. The standard InChI is InChI=1S/C14H17FN2O2/c15-11-2-5-13(6-3-11)19-14(18)17-8-10-1-4-12(9-17)16-7-10/h2-3,5-6,10,12,16H,1,4,7-9H2. The quantitative estimate of drug-likeness (QED) is 0.843. The Labute approximate surface area is 111 Å². The van der Waals surface area contributed by atoms with Crippen molar-refractivity contribution in [1.29, 1.82) is 0 Å². The summed E-state index contributed by atoms with van der Waals surface area (Å²) >= 11 is 0. The lowest BCUT2D eigenvalue weighted by Gasteiger charge is -2.22. The van der Waals surface area contributed by atoms with Gasteiger partial charge in [-0.3, -0.25) is 0 Å². The Morgan fingerprint density at radius 3 is 2.74 bits per heavy atom. The van der Waals surface area contributed by atoms with E-state index in [1.807, 2.05) is 0 Å². The van der Waals surface area contributed by atoms with Gasteiger partial charge >= 0.3 is 6.09 Å². The molecule has 4 rings (SSSR count). The number of carbonyl (C=O) groups excluding carboxylic acids is 1. The molecule has 3 fully saturated rings. The molecule has 1 amide bonds. The maximum Gasteiger partial charge on any atom is 0.415 e. The minimum absolute atomic E-state index is 0.336. The van der Waals surface area contributed by atoms with Crippen LogP contribution in [0.15, 0.2) is 24.3 Å². The van der Waals surface area contributed by atoms with E-state index in [0.717, 1.165) is 25.9 Å². The van der Waals surface area contributed by atoms with Crippen molar-refractivity contribution >= 4 is 6.09 Å². The van der Waals surface area contributed by atoms with Crippen LogP contribution < -0.4 is 10.1 Å². The molecule has 3 aliphatic heterocycles. The smallest absolute Gasteiger partial charge is 0.410 e. The lowest BCUT2D eigenvalue weighted by molar-refractivity contribution is 0.150. The maximum absolute atomic E-state index is 12.8. The third-order valence-electron chi connectivity index (χ3n) is 3.81. The molecule has 1 aromatic carbocycles. The zero-order valence-corrected chi connectivity index (χ0v) is 10.6. The van der Waals surface area contributed by atoms with Crippen LogP contribution in [0, 0.1) is 11.7 Å². The van der Waals surface area contributed by atoms with Crippen molar-refractivity contribution in [2.24, 2.45) is 5.92 Å². The number of nitrogens with zero attached hydrogens (tertiary/aromatic N) is 1. The van der Waals surface area contributed by atoms with Crippen LogP contribution in [0.5, 0.6) is 5.75 Å². The van der Waals surface area contributed by atoms with Crippen molar-refractivity contribution < 1.29 is 13.9 Å². The van der Waals surface area contributed by atoms with E-state index in [1.165, 1.54) is 24.3 Å². The number of ether oxygens (including phenoxy) is 1. The average Bonchev–Trinajstić information content (AvgIpc) is 2.75. The van der Waals surface area contributed by atoms with Gasteiger partial charge in [0.05, 0.1) is 0 Å². The summed E-state index contributed by atoms with van der Waals surface area (Å²) in [7, 11) is 0. The highest BCUT2D eigenvalue weighted by molar-refractivity contribution is 5.70. The topological polar surface area (TPSA) is 41.6 Å². The Morgan fingerprint density at radius 2 is 2.05 bits per heavy atom. The van der Waals surface area contributed by atoms with Gasteiger partial charge in [0.1, 0.15) is 11.6 Å². The minimum atomic E-state index is -0.341. The largest absolute Gasteiger partial charge is 0.415 e. The molecule has 1 aromatic rings. The molecule has 5 heteroatoms. The van der Waals surface area contributed by atoms with Gasteiger partial charge in [0, 0.05) is 19.1 Å². The fourth-order valence-corrected chi connectivity index (χ4v) is 2.76. The van der Waals surface area contributed by atoms with Crippen molar-refractivity contribution in [2.75, 3.05) is 19.6 Å². The van der Waals surface area contributed by atoms with E-state index >= 15 is 0 Å². The molecule has 1 N–H and O–H groups in total. The minimum Gasteiger partial charge on any atom is -0.410 e. The second kappa shape index (κ2) is 5.17. The summed E-state index contributed by atoms with van der Waals surface area (Å²) in [5.41, 5.74) is 0. The molecular weight excluding hydrogens is 247 g/mol. The number of hydrogen-bond donors (Lipinski definition) is 1. The number of nitrogens with one attached hydrogen (secondary N) is 1. The van der Waals surface area contributed by atoms with Crippen LogP contribution in [0.2, 0.25) is 0 Å². The van der Waals surface area contributed by atoms with Crippen LogP contribution in [0.25, 0.3) is 0 Å². The number of hydrogen-bond acceptors (Lipinski definition) is 3. The first kappa shape index (κ1) is 12.4. The van der Waals surface area contributed by atoms with E-state index in [1.54, 1.807) is 4.90 Å². The second-order valence-corrected chi connectivity index (χ2v) is 5.28. The van der Waals surface area contributed by atoms with Crippen LogP contribution in [-0.4, -0.2) is 36.7 Å². The Kier molecular flexibility index (Phi) is 3.38. The molecule has 2 unspecified atom stereocenters. The zero-order chi connectivity index (χ0) is 13.2. The van der Waals surface area contributed by atoms with E-state index in [0.29, 0.717) is 24.3 Å². The van der Waals surface area contributed by atoms with Crippen LogP contribution in [-0.2, 0) is 0 Å². The van der Waals surface area contributed by atoms with Gasteiger partial charge in [-0.05, 0) is 49.6 Å². The van der Waals surface area contributed by atoms with Crippen LogP contribution in [0.1, 0.15) is 12.8 Å². The summed E-state index contributed by atoms with van der Waals surface area (Å²) < 4.78 is 18.1. The summed E-state index contributed by atoms with van der Waals surface area (Å²) in [4.78, 5) is 13.9. The van der Waals surface area contributed by atoms with Gasteiger partial charge in [-0.15, -0.1) is 0 Å². The highest BCUT2D eigenvalue weighted by Crippen LogP contribution is 2.22. The van der Waals surface area contributed by atoms with Gasteiger partial charge in [-0.1, -0.05) is 0 Å². The molecular formula is C14H17FN2O2. The van der Waals surface area contributed by atoms with Crippen LogP contribution in [0.3, 0.4) is 0 Å². The van der Waals surface area contributed by atoms with Crippen molar-refractivity contribution in [3.8, 4) is 5.75 Å². The summed E-state index contributed by atoms with van der Waals surface area (Å²) in [5, 5.41) is 3.44. The highest BCUT2D eigenvalue weighted by atomic mass is 19.1. The van der Waals surface area contributed by atoms with Crippen molar-refractivity contribution in [3.63, 3.8) is 0 Å². The van der Waals surface area contributed by atoms with Crippen LogP contribution in [0.4, 0.5) is 9.18 Å². The Bertz CT molecular complexity index is 441. The molecule has 3 aliphatic rings. The van der Waals surface area contributed by atoms with Gasteiger partial charge in [0.2, 0.25) is 0 Å². The van der Waals surface area contributed by atoms with E-state index < -0.39 is 0 Å². The van der Waals surface area contributed by atoms with E-state index in [9.17, 15) is 9.18 Å². The fraction of sp³-hybridized carbons (Fsp3) is 0.500. The van der Waals surface area contributed by atoms with E-state index in [2.05, 4.69) is 5.32 Å². The van der Waals surface area contributed by atoms with Gasteiger partial charge in [-0.2, -0.15) is 0 Å². The zero-order valence-electron chi connectivity index (χ0n) is 10.6. The first-order chi connectivity index (χ1) is 9.20. The molecule has 3 saturated heterocycles. The van der Waals surface area contributed by atoms with Gasteiger partial charge in [0.15, 0.2) is 0 Å². The summed E-state index contributed by atoms with van der Waals surface area (Å²) in [6.07, 6.45) is 1.94. The summed E-state index contributed by atoms with van der Waals surface area (Å²) in [6, 6.07) is 5.89. The third-order valence-corrected chi connectivity index (χ3v) is 3.81. The Balaban J connectivity index is 1.65. The number of rotatable bonds is 1. The monoisotopic (exact) mass is 264 g/mol. The number of halogens is 1. The molecule has 0 aromatic heterocycles. The first-order valence-corrected chi connectivity index (χ1v) is 6.66. The Hall–Kier alpha value is -1.62. The summed E-state index contributed by atoms with van der Waals surface area (Å²) in [5.74, 6) is 0.562.